The Morgan fingerprint density at radius 3 is 2.35 bits per heavy atom. The van der Waals surface area contributed by atoms with E-state index in [1.54, 1.807) is 0 Å². The molecule has 1 aromatic rings. The average Bonchev–Trinajstić information content (AvgIpc) is 2.40. The van der Waals surface area contributed by atoms with E-state index in [-0.39, 0.29) is 16.8 Å². The number of aromatic hydroxyl groups is 1. The third-order valence-electron chi connectivity index (χ3n) is 3.49. The fourth-order valence-corrected chi connectivity index (χ4v) is 1.67. The Hall–Kier alpha value is -2.24. The largest absolute Gasteiger partial charge is 0.505 e. The number of carboxylic acid groups (broad SMARTS) is 1. The van der Waals surface area contributed by atoms with Crippen molar-refractivity contribution in [2.45, 2.75) is 39.2 Å². The van der Waals surface area contributed by atoms with Crippen LogP contribution in [0.5, 0.6) is 5.75 Å². The molecule has 0 aromatic heterocycles. The summed E-state index contributed by atoms with van der Waals surface area (Å²) in [6, 6.07) is 3.69. The molecule has 20 heavy (non-hydrogen) atoms. The minimum Gasteiger partial charge on any atom is -0.505 e. The summed E-state index contributed by atoms with van der Waals surface area (Å²) >= 11 is 0. The maximum atomic E-state index is 11.9. The van der Waals surface area contributed by atoms with Crippen molar-refractivity contribution in [3.8, 4) is 5.75 Å². The van der Waals surface area contributed by atoms with E-state index in [9.17, 15) is 14.7 Å². The first-order valence-corrected chi connectivity index (χ1v) is 6.47. The number of carbonyl (C=O) groups is 2. The average molecular weight is 280 g/mol. The number of phenols is 1. The molecule has 0 aliphatic heterocycles. The Bertz CT molecular complexity index is 510. The van der Waals surface area contributed by atoms with Crippen LogP contribution in [0, 0.1) is 0 Å². The van der Waals surface area contributed by atoms with Gasteiger partial charge in [0, 0.05) is 5.54 Å². The first-order chi connectivity index (χ1) is 9.33. The van der Waals surface area contributed by atoms with Crippen LogP contribution in [0.15, 0.2) is 18.2 Å². The second-order valence-electron chi connectivity index (χ2n) is 4.85. The first-order valence-electron chi connectivity index (χ1n) is 6.47. The van der Waals surface area contributed by atoms with Gasteiger partial charge in [-0.3, -0.25) is 0 Å². The second kappa shape index (κ2) is 6.27. The standard InChI is InChI=1S/C14H20N2O4/c1-4-14(3,5-2)16-13(20)15-10-8-6-7-9(11(10)17)12(18)19/h6-8,17H,4-5H2,1-3H3,(H,18,19)(H2,15,16,20). The summed E-state index contributed by atoms with van der Waals surface area (Å²) in [4.78, 5) is 22.8. The fourth-order valence-electron chi connectivity index (χ4n) is 1.67. The Balaban J connectivity index is 2.87. The van der Waals surface area contributed by atoms with Crippen LogP contribution in [0.2, 0.25) is 0 Å². The Kier molecular flexibility index (Phi) is 4.96. The van der Waals surface area contributed by atoms with E-state index in [1.165, 1.54) is 18.2 Å². The lowest BCUT2D eigenvalue weighted by Crippen LogP contribution is -2.46. The number of carboxylic acids is 1. The van der Waals surface area contributed by atoms with Crippen molar-refractivity contribution in [2.24, 2.45) is 0 Å². The molecule has 0 aliphatic rings. The third kappa shape index (κ3) is 3.63. The smallest absolute Gasteiger partial charge is 0.339 e. The predicted molar refractivity (Wildman–Crippen MR) is 76.2 cm³/mol. The number of hydrogen-bond acceptors (Lipinski definition) is 3. The van der Waals surface area contributed by atoms with Gasteiger partial charge in [-0.2, -0.15) is 0 Å². The molecule has 6 nitrogen and oxygen atoms in total. The molecule has 1 aromatic carbocycles. The van der Waals surface area contributed by atoms with Crippen LogP contribution in [0.4, 0.5) is 10.5 Å². The van der Waals surface area contributed by atoms with Crippen molar-refractivity contribution >= 4 is 17.7 Å². The molecule has 0 radical (unpaired) electrons. The second-order valence-corrected chi connectivity index (χ2v) is 4.85. The van der Waals surface area contributed by atoms with Crippen LogP contribution in [-0.2, 0) is 0 Å². The van der Waals surface area contributed by atoms with Gasteiger partial charge >= 0.3 is 12.0 Å². The van der Waals surface area contributed by atoms with E-state index in [4.69, 9.17) is 5.11 Å². The quantitative estimate of drug-likeness (QED) is 0.623. The van der Waals surface area contributed by atoms with Crippen molar-refractivity contribution in [1.82, 2.24) is 5.32 Å². The van der Waals surface area contributed by atoms with Crippen molar-refractivity contribution in [1.29, 1.82) is 0 Å². The van der Waals surface area contributed by atoms with Crippen LogP contribution in [0.25, 0.3) is 0 Å². The van der Waals surface area contributed by atoms with Gasteiger partial charge in [-0.15, -0.1) is 0 Å². The molecule has 110 valence electrons. The lowest BCUT2D eigenvalue weighted by atomic mass is 9.96. The number of urea groups is 1. The SMILES string of the molecule is CCC(C)(CC)NC(=O)Nc1cccc(C(=O)O)c1O. The normalized spacial score (nSPS) is 10.9. The molecule has 0 saturated carbocycles. The highest BCUT2D eigenvalue weighted by atomic mass is 16.4. The molecule has 0 heterocycles. The molecule has 2 amide bonds. The Morgan fingerprint density at radius 1 is 1.25 bits per heavy atom. The first kappa shape index (κ1) is 15.8. The number of amides is 2. The van der Waals surface area contributed by atoms with Crippen LogP contribution in [0.3, 0.4) is 0 Å². The third-order valence-corrected chi connectivity index (χ3v) is 3.49. The molecule has 1 rings (SSSR count). The lowest BCUT2D eigenvalue weighted by Gasteiger charge is -2.28. The minimum atomic E-state index is -1.25. The molecule has 4 N–H and O–H groups in total. The van der Waals surface area contributed by atoms with E-state index >= 15 is 0 Å². The van der Waals surface area contributed by atoms with Crippen LogP contribution in [0.1, 0.15) is 44.0 Å². The highest BCUT2D eigenvalue weighted by Crippen LogP contribution is 2.27. The maximum Gasteiger partial charge on any atom is 0.339 e. The van der Waals surface area contributed by atoms with E-state index in [1.807, 2.05) is 20.8 Å². The molecule has 0 unspecified atom stereocenters. The molecule has 0 spiro atoms. The van der Waals surface area contributed by atoms with E-state index in [0.29, 0.717) is 0 Å². The fraction of sp³-hybridized carbons (Fsp3) is 0.429. The van der Waals surface area contributed by atoms with E-state index in [0.717, 1.165) is 12.8 Å². The van der Waals surface area contributed by atoms with Crippen LogP contribution >= 0.6 is 0 Å². The Labute approximate surface area is 117 Å². The van der Waals surface area contributed by atoms with Gasteiger partial charge in [0.05, 0.1) is 5.69 Å². The molecule has 0 bridgehead atoms. The molecule has 0 aliphatic carbocycles. The predicted octanol–water partition coefficient (Wildman–Crippen LogP) is 2.79. The van der Waals surface area contributed by atoms with Gasteiger partial charge < -0.3 is 20.8 Å². The van der Waals surface area contributed by atoms with Gasteiger partial charge in [-0.1, -0.05) is 19.9 Å². The van der Waals surface area contributed by atoms with Gasteiger partial charge in [0.2, 0.25) is 0 Å². The van der Waals surface area contributed by atoms with Crippen molar-refractivity contribution in [3.63, 3.8) is 0 Å². The van der Waals surface area contributed by atoms with Crippen LogP contribution in [-0.4, -0.2) is 27.8 Å². The molecular formula is C14H20N2O4. The summed E-state index contributed by atoms with van der Waals surface area (Å²) in [6.45, 7) is 5.85. The summed E-state index contributed by atoms with van der Waals surface area (Å²) in [5, 5.41) is 24.0. The van der Waals surface area contributed by atoms with Gasteiger partial charge in [-0.25, -0.2) is 9.59 Å². The zero-order chi connectivity index (χ0) is 15.3. The van der Waals surface area contributed by atoms with Gasteiger partial charge in [0.1, 0.15) is 5.56 Å². The number of aromatic carboxylic acids is 1. The summed E-state index contributed by atoms with van der Waals surface area (Å²) < 4.78 is 0. The van der Waals surface area contributed by atoms with E-state index in [2.05, 4.69) is 10.6 Å². The number of benzene rings is 1. The molecule has 6 heteroatoms. The summed E-state index contributed by atoms with van der Waals surface area (Å²) in [6.07, 6.45) is 1.52. The van der Waals surface area contributed by atoms with Crippen molar-refractivity contribution in [2.75, 3.05) is 5.32 Å². The molecule has 0 fully saturated rings. The zero-order valence-electron chi connectivity index (χ0n) is 11.9. The van der Waals surface area contributed by atoms with E-state index < -0.39 is 17.7 Å². The summed E-state index contributed by atoms with van der Waals surface area (Å²) in [5.74, 6) is -1.71. The lowest BCUT2D eigenvalue weighted by molar-refractivity contribution is 0.0693. The number of nitrogens with one attached hydrogen (secondary N) is 2. The van der Waals surface area contributed by atoms with Crippen molar-refractivity contribution in [3.05, 3.63) is 23.8 Å². The van der Waals surface area contributed by atoms with Gasteiger partial charge in [0.25, 0.3) is 0 Å². The van der Waals surface area contributed by atoms with Crippen LogP contribution < -0.4 is 10.6 Å². The van der Waals surface area contributed by atoms with Gasteiger partial charge in [-0.05, 0) is 31.9 Å². The highest BCUT2D eigenvalue weighted by molar-refractivity contribution is 5.97. The molecule has 0 atom stereocenters. The Morgan fingerprint density at radius 2 is 1.85 bits per heavy atom. The van der Waals surface area contributed by atoms with Crippen molar-refractivity contribution < 1.29 is 19.8 Å². The summed E-state index contributed by atoms with van der Waals surface area (Å²) in [7, 11) is 0. The number of para-hydroxylation sites is 1. The zero-order valence-corrected chi connectivity index (χ0v) is 11.9. The number of hydrogen-bond donors (Lipinski definition) is 4. The monoisotopic (exact) mass is 280 g/mol. The highest BCUT2D eigenvalue weighted by Gasteiger charge is 2.22. The minimum absolute atomic E-state index is 0.0666. The number of carbonyl (C=O) groups excluding carboxylic acids is 1. The maximum absolute atomic E-state index is 11.9. The topological polar surface area (TPSA) is 98.7 Å². The number of anilines is 1. The molecule has 0 saturated heterocycles. The molecular weight excluding hydrogens is 260 g/mol. The summed E-state index contributed by atoms with van der Waals surface area (Å²) in [5.41, 5.74) is -0.530. The number of rotatable bonds is 5. The van der Waals surface area contributed by atoms with Gasteiger partial charge in [0.15, 0.2) is 5.75 Å².